The van der Waals surface area contributed by atoms with Gasteiger partial charge in [0.1, 0.15) is 10.5 Å². The van der Waals surface area contributed by atoms with Gasteiger partial charge in [0.05, 0.1) is 11.3 Å². The number of fused-ring (bicyclic) bond motifs is 1. The molecular weight excluding hydrogens is 326 g/mol. The van der Waals surface area contributed by atoms with Crippen LogP contribution in [-0.2, 0) is 0 Å². The summed E-state index contributed by atoms with van der Waals surface area (Å²) in [6.45, 7) is 2.94. The number of piperidine rings is 1. The van der Waals surface area contributed by atoms with E-state index in [0.717, 1.165) is 17.2 Å². The van der Waals surface area contributed by atoms with Gasteiger partial charge in [-0.3, -0.25) is 9.59 Å². The first-order chi connectivity index (χ1) is 11.6. The summed E-state index contributed by atoms with van der Waals surface area (Å²) in [5, 5.41) is 10.4. The average Bonchev–Trinajstić information content (AvgIpc) is 3.01. The Bertz CT molecular complexity index is 810. The molecule has 7 nitrogen and oxygen atoms in total. The Labute approximate surface area is 143 Å². The lowest BCUT2D eigenvalue weighted by molar-refractivity contribution is 0.0643. The Morgan fingerprint density at radius 1 is 1.25 bits per heavy atom. The molecule has 0 unspecified atom stereocenters. The van der Waals surface area contributed by atoms with Gasteiger partial charge in [-0.2, -0.15) is 0 Å². The van der Waals surface area contributed by atoms with E-state index < -0.39 is 5.66 Å². The summed E-state index contributed by atoms with van der Waals surface area (Å²) in [6, 6.07) is 7.49. The first-order valence-corrected chi connectivity index (χ1v) is 8.63. The zero-order valence-electron chi connectivity index (χ0n) is 13.2. The number of nitrogens with zero attached hydrogens (tertiary/aromatic N) is 3. The maximum atomic E-state index is 12.6. The van der Waals surface area contributed by atoms with Crippen molar-refractivity contribution in [2.45, 2.75) is 25.4 Å². The summed E-state index contributed by atoms with van der Waals surface area (Å²) >= 11 is 1.13. The van der Waals surface area contributed by atoms with E-state index in [-0.39, 0.29) is 11.8 Å². The maximum absolute atomic E-state index is 12.6. The molecule has 124 valence electrons. The van der Waals surface area contributed by atoms with E-state index in [2.05, 4.69) is 20.2 Å². The van der Waals surface area contributed by atoms with Gasteiger partial charge < -0.3 is 15.5 Å². The minimum Gasteiger partial charge on any atom is -0.362 e. The van der Waals surface area contributed by atoms with Crippen molar-refractivity contribution >= 4 is 29.0 Å². The summed E-state index contributed by atoms with van der Waals surface area (Å²) in [6.07, 6.45) is 1.31. The Balaban J connectivity index is 1.50. The van der Waals surface area contributed by atoms with Crippen molar-refractivity contribution < 1.29 is 9.59 Å². The molecule has 0 aliphatic carbocycles. The molecule has 24 heavy (non-hydrogen) atoms. The van der Waals surface area contributed by atoms with Crippen molar-refractivity contribution in [1.29, 1.82) is 0 Å². The van der Waals surface area contributed by atoms with Crippen molar-refractivity contribution in [2.24, 2.45) is 0 Å². The number of anilines is 1. The summed E-state index contributed by atoms with van der Waals surface area (Å²) in [4.78, 5) is 27.3. The third kappa shape index (κ3) is 2.43. The number of benzene rings is 1. The van der Waals surface area contributed by atoms with Crippen LogP contribution >= 0.6 is 11.5 Å². The van der Waals surface area contributed by atoms with Gasteiger partial charge in [-0.05, 0) is 30.6 Å². The number of para-hydroxylation sites is 1. The Kier molecular flexibility index (Phi) is 3.49. The monoisotopic (exact) mass is 343 g/mol. The lowest BCUT2D eigenvalue weighted by Gasteiger charge is -2.45. The molecule has 8 heteroatoms. The highest BCUT2D eigenvalue weighted by Crippen LogP contribution is 2.31. The zero-order valence-corrected chi connectivity index (χ0v) is 14.0. The largest absolute Gasteiger partial charge is 0.362 e. The van der Waals surface area contributed by atoms with E-state index in [4.69, 9.17) is 0 Å². The minimum absolute atomic E-state index is 0.0279. The second-order valence-corrected chi connectivity index (χ2v) is 6.94. The van der Waals surface area contributed by atoms with Crippen LogP contribution in [0, 0.1) is 6.92 Å². The summed E-state index contributed by atoms with van der Waals surface area (Å²) in [5.41, 5.74) is 1.70. The standard InChI is InChI=1S/C16H17N5O2S/c1-10-13(24-20-19-10)15(23)21-8-6-16(7-9-21)17-12-5-3-2-4-11(12)14(22)18-16/h2-5,17H,6-9H2,1H3,(H,18,22). The Morgan fingerprint density at radius 2 is 2.00 bits per heavy atom. The second kappa shape index (κ2) is 5.55. The van der Waals surface area contributed by atoms with Gasteiger partial charge in [0, 0.05) is 31.6 Å². The molecule has 0 bridgehead atoms. The third-order valence-electron chi connectivity index (χ3n) is 4.65. The lowest BCUT2D eigenvalue weighted by Crippen LogP contribution is -2.62. The van der Waals surface area contributed by atoms with E-state index in [9.17, 15) is 9.59 Å². The van der Waals surface area contributed by atoms with Crippen LogP contribution in [0.1, 0.15) is 38.6 Å². The van der Waals surface area contributed by atoms with Crippen molar-refractivity contribution in [3.8, 4) is 0 Å². The van der Waals surface area contributed by atoms with Gasteiger partial charge in [-0.15, -0.1) is 5.10 Å². The van der Waals surface area contributed by atoms with Crippen LogP contribution in [0.5, 0.6) is 0 Å². The molecule has 0 saturated carbocycles. The van der Waals surface area contributed by atoms with E-state index >= 15 is 0 Å². The van der Waals surface area contributed by atoms with Gasteiger partial charge >= 0.3 is 0 Å². The highest BCUT2D eigenvalue weighted by Gasteiger charge is 2.41. The molecule has 2 aliphatic heterocycles. The molecule has 0 radical (unpaired) electrons. The summed E-state index contributed by atoms with van der Waals surface area (Å²) in [5.74, 6) is -0.0912. The molecule has 1 saturated heterocycles. The smallest absolute Gasteiger partial charge is 0.267 e. The van der Waals surface area contributed by atoms with E-state index in [1.807, 2.05) is 29.2 Å². The maximum Gasteiger partial charge on any atom is 0.267 e. The predicted octanol–water partition coefficient (Wildman–Crippen LogP) is 1.63. The minimum atomic E-state index is -0.483. The molecule has 1 fully saturated rings. The molecule has 3 heterocycles. The topological polar surface area (TPSA) is 87.2 Å². The number of aromatic nitrogens is 2. The Morgan fingerprint density at radius 3 is 2.71 bits per heavy atom. The van der Waals surface area contributed by atoms with Gasteiger partial charge in [0.15, 0.2) is 0 Å². The van der Waals surface area contributed by atoms with Crippen LogP contribution in [0.4, 0.5) is 5.69 Å². The van der Waals surface area contributed by atoms with Crippen molar-refractivity contribution in [1.82, 2.24) is 19.8 Å². The lowest BCUT2D eigenvalue weighted by atomic mass is 9.92. The molecule has 2 aliphatic rings. The molecule has 1 aromatic carbocycles. The highest BCUT2D eigenvalue weighted by molar-refractivity contribution is 7.07. The fourth-order valence-corrected chi connectivity index (χ4v) is 3.90. The van der Waals surface area contributed by atoms with Gasteiger partial charge in [-0.1, -0.05) is 16.6 Å². The predicted molar refractivity (Wildman–Crippen MR) is 90.0 cm³/mol. The molecule has 2 amide bonds. The van der Waals surface area contributed by atoms with Gasteiger partial charge in [-0.25, -0.2) is 0 Å². The highest BCUT2D eigenvalue weighted by atomic mass is 32.1. The number of aryl methyl sites for hydroxylation is 1. The van der Waals surface area contributed by atoms with Crippen molar-refractivity contribution in [3.05, 3.63) is 40.4 Å². The second-order valence-electron chi connectivity index (χ2n) is 6.19. The Hall–Kier alpha value is -2.48. The van der Waals surface area contributed by atoms with Gasteiger partial charge in [0.25, 0.3) is 11.8 Å². The van der Waals surface area contributed by atoms with Crippen LogP contribution in [-0.4, -0.2) is 45.1 Å². The number of hydrogen-bond acceptors (Lipinski definition) is 6. The van der Waals surface area contributed by atoms with Crippen LogP contribution in [0.15, 0.2) is 24.3 Å². The molecule has 4 rings (SSSR count). The average molecular weight is 343 g/mol. The van der Waals surface area contributed by atoms with Crippen LogP contribution in [0.25, 0.3) is 0 Å². The molecule has 0 atom stereocenters. The fraction of sp³-hybridized carbons (Fsp3) is 0.375. The number of hydrogen-bond donors (Lipinski definition) is 2. The number of carbonyl (C=O) groups is 2. The number of rotatable bonds is 1. The number of nitrogens with one attached hydrogen (secondary N) is 2. The van der Waals surface area contributed by atoms with Gasteiger partial charge in [0.2, 0.25) is 0 Å². The SMILES string of the molecule is Cc1nnsc1C(=O)N1CCC2(CC1)NC(=O)c1ccccc1N2. The summed E-state index contributed by atoms with van der Waals surface area (Å²) in [7, 11) is 0. The fourth-order valence-electron chi connectivity index (χ4n) is 3.28. The van der Waals surface area contributed by atoms with Crippen LogP contribution in [0.3, 0.4) is 0 Å². The first-order valence-electron chi connectivity index (χ1n) is 7.86. The quantitative estimate of drug-likeness (QED) is 0.822. The van der Waals surface area contributed by atoms with Crippen molar-refractivity contribution in [3.63, 3.8) is 0 Å². The van der Waals surface area contributed by atoms with Crippen LogP contribution in [0.2, 0.25) is 0 Å². The number of carbonyl (C=O) groups excluding carboxylic acids is 2. The molecular formula is C16H17N5O2S. The van der Waals surface area contributed by atoms with E-state index in [0.29, 0.717) is 42.1 Å². The molecule has 2 aromatic rings. The molecule has 1 aromatic heterocycles. The molecule has 1 spiro atoms. The van der Waals surface area contributed by atoms with E-state index in [1.165, 1.54) is 0 Å². The molecule has 2 N–H and O–H groups in total. The van der Waals surface area contributed by atoms with E-state index in [1.54, 1.807) is 6.92 Å². The van der Waals surface area contributed by atoms with Crippen LogP contribution < -0.4 is 10.6 Å². The zero-order chi connectivity index (χ0) is 16.7. The third-order valence-corrected chi connectivity index (χ3v) is 5.46. The van der Waals surface area contributed by atoms with Crippen molar-refractivity contribution in [2.75, 3.05) is 18.4 Å². The summed E-state index contributed by atoms with van der Waals surface area (Å²) < 4.78 is 3.83. The normalized spacial score (nSPS) is 18.7. The first kappa shape index (κ1) is 15.1. The number of likely N-dealkylation sites (tertiary alicyclic amines) is 1. The number of amides is 2.